The molecule has 0 saturated carbocycles. The average molecular weight is 244 g/mol. The highest BCUT2D eigenvalue weighted by Crippen LogP contribution is 2.30. The summed E-state index contributed by atoms with van der Waals surface area (Å²) in [7, 11) is 0. The summed E-state index contributed by atoms with van der Waals surface area (Å²) < 4.78 is 6.13. The van der Waals surface area contributed by atoms with Crippen LogP contribution in [0, 0.1) is 0 Å². The number of nitrogens with two attached hydrogens (primary N) is 1. The Balaban J connectivity index is 2.38. The molecule has 9 nitrogen and oxygen atoms in total. The molecule has 17 heavy (non-hydrogen) atoms. The smallest absolute Gasteiger partial charge is 0.288 e. The summed E-state index contributed by atoms with van der Waals surface area (Å²) in [6.07, 6.45) is -1.43. The number of carbonyl (C=O) groups is 1. The van der Waals surface area contributed by atoms with E-state index in [0.29, 0.717) is 0 Å². The van der Waals surface area contributed by atoms with Gasteiger partial charge in [0.2, 0.25) is 11.5 Å². The molecule has 1 aliphatic rings. The number of hydrogen-bond acceptors (Lipinski definition) is 7. The topological polar surface area (TPSA) is 144 Å². The first-order valence-corrected chi connectivity index (χ1v) is 4.84. The van der Waals surface area contributed by atoms with Crippen LogP contribution in [0.5, 0.6) is 0 Å². The van der Waals surface area contributed by atoms with Crippen molar-refractivity contribution >= 4 is 5.91 Å². The van der Waals surface area contributed by atoms with Gasteiger partial charge < -0.3 is 25.8 Å². The zero-order valence-electron chi connectivity index (χ0n) is 8.72. The van der Waals surface area contributed by atoms with Gasteiger partial charge in [0, 0.05) is 0 Å². The fourth-order valence-corrected chi connectivity index (χ4v) is 1.68. The first kappa shape index (κ1) is 11.9. The molecule has 1 amide bonds. The van der Waals surface area contributed by atoms with E-state index in [1.807, 2.05) is 0 Å². The quantitative estimate of drug-likeness (QED) is 0.437. The molecule has 2 rings (SSSR count). The summed E-state index contributed by atoms with van der Waals surface area (Å²) in [5.41, 5.74) is 3.34. The van der Waals surface area contributed by atoms with Crippen molar-refractivity contribution in [2.45, 2.75) is 17.9 Å². The van der Waals surface area contributed by atoms with E-state index >= 15 is 0 Å². The van der Waals surface area contributed by atoms with Gasteiger partial charge >= 0.3 is 0 Å². The highest BCUT2D eigenvalue weighted by Gasteiger charge is 2.51. The van der Waals surface area contributed by atoms with Crippen LogP contribution < -0.4 is 5.73 Å². The van der Waals surface area contributed by atoms with E-state index < -0.39 is 30.4 Å². The predicted molar refractivity (Wildman–Crippen MR) is 51.6 cm³/mol. The molecule has 0 unspecified atom stereocenters. The summed E-state index contributed by atoms with van der Waals surface area (Å²) >= 11 is 0. The van der Waals surface area contributed by atoms with Crippen molar-refractivity contribution in [1.29, 1.82) is 0 Å². The maximum Gasteiger partial charge on any atom is 0.288 e. The van der Waals surface area contributed by atoms with Crippen LogP contribution in [-0.2, 0) is 10.5 Å². The minimum absolute atomic E-state index is 0.159. The van der Waals surface area contributed by atoms with Crippen molar-refractivity contribution in [2.24, 2.45) is 5.73 Å². The lowest BCUT2D eigenvalue weighted by Crippen LogP contribution is -2.49. The van der Waals surface area contributed by atoms with Gasteiger partial charge in [0.1, 0.15) is 18.5 Å². The zero-order chi connectivity index (χ0) is 12.6. The molecule has 3 atom stereocenters. The third-order valence-electron chi connectivity index (χ3n) is 2.66. The summed E-state index contributed by atoms with van der Waals surface area (Å²) in [4.78, 5) is 14.4. The largest absolute Gasteiger partial charge is 0.391 e. The van der Waals surface area contributed by atoms with Crippen molar-refractivity contribution in [3.8, 4) is 0 Å². The molecule has 0 spiro atoms. The number of amides is 1. The first-order valence-electron chi connectivity index (χ1n) is 4.84. The predicted octanol–water partition coefficient (Wildman–Crippen LogP) is -3.23. The molecule has 1 aromatic rings. The number of aliphatic hydroxyl groups excluding tert-OH is 3. The summed E-state index contributed by atoms with van der Waals surface area (Å²) in [5.74, 6) is -1.11. The molecule has 1 aromatic heterocycles. The number of aliphatic hydroxyl groups is 3. The van der Waals surface area contributed by atoms with E-state index in [2.05, 4.69) is 10.1 Å². The van der Waals surface area contributed by atoms with Crippen molar-refractivity contribution < 1.29 is 24.9 Å². The zero-order valence-corrected chi connectivity index (χ0v) is 8.72. The molecular formula is C8H12N4O5. The van der Waals surface area contributed by atoms with Crippen LogP contribution in [0.4, 0.5) is 0 Å². The summed E-state index contributed by atoms with van der Waals surface area (Å²) in [5, 5.41) is 32.2. The normalized spacial score (nSPS) is 32.9. The third-order valence-corrected chi connectivity index (χ3v) is 2.66. The second-order valence-corrected chi connectivity index (χ2v) is 3.70. The van der Waals surface area contributed by atoms with Gasteiger partial charge in [-0.1, -0.05) is 0 Å². The molecule has 9 heteroatoms. The number of nitrogens with zero attached hydrogens (tertiary/aromatic N) is 3. The van der Waals surface area contributed by atoms with Crippen LogP contribution in [-0.4, -0.2) is 61.4 Å². The fraction of sp³-hybridized carbons (Fsp3) is 0.625. The molecule has 2 heterocycles. The van der Waals surface area contributed by atoms with Gasteiger partial charge in [-0.25, -0.2) is 9.67 Å². The number of rotatable bonds is 3. The Morgan fingerprint density at radius 1 is 1.71 bits per heavy atom. The van der Waals surface area contributed by atoms with Crippen LogP contribution in [0.3, 0.4) is 0 Å². The molecule has 1 aliphatic heterocycles. The molecule has 0 radical (unpaired) electrons. The molecule has 5 N–H and O–H groups in total. The van der Waals surface area contributed by atoms with Crippen LogP contribution in [0.25, 0.3) is 0 Å². The van der Waals surface area contributed by atoms with Gasteiger partial charge in [-0.15, -0.1) is 5.10 Å². The van der Waals surface area contributed by atoms with Crippen molar-refractivity contribution in [2.75, 3.05) is 13.2 Å². The van der Waals surface area contributed by atoms with Gasteiger partial charge in [-0.2, -0.15) is 0 Å². The standard InChI is InChI=1S/C8H12N4O5/c9-6(16)7-10-3-12(11-7)8(2-13)5(15)4(14)1-17-8/h3-5,13-15H,1-2H2,(H2,9,16)/t4-,5-,8-/m0/s1. The van der Waals surface area contributed by atoms with Crippen molar-refractivity contribution in [3.63, 3.8) is 0 Å². The van der Waals surface area contributed by atoms with Gasteiger partial charge in [0.25, 0.3) is 5.91 Å². The highest BCUT2D eigenvalue weighted by molar-refractivity contribution is 5.88. The Bertz CT molecular complexity index is 435. The number of ether oxygens (including phenoxy) is 1. The molecular weight excluding hydrogens is 232 g/mol. The van der Waals surface area contributed by atoms with Crippen LogP contribution in [0.1, 0.15) is 10.6 Å². The Morgan fingerprint density at radius 2 is 2.41 bits per heavy atom. The molecule has 0 aromatic carbocycles. The lowest BCUT2D eigenvalue weighted by molar-refractivity contribution is -0.159. The van der Waals surface area contributed by atoms with E-state index in [1.165, 1.54) is 0 Å². The number of hydrogen-bond donors (Lipinski definition) is 4. The van der Waals surface area contributed by atoms with E-state index in [0.717, 1.165) is 11.0 Å². The maximum atomic E-state index is 10.8. The lowest BCUT2D eigenvalue weighted by atomic mass is 10.1. The van der Waals surface area contributed by atoms with Gasteiger partial charge in [0.15, 0.2) is 0 Å². The van der Waals surface area contributed by atoms with Crippen LogP contribution in [0.15, 0.2) is 6.33 Å². The van der Waals surface area contributed by atoms with Gasteiger partial charge in [-0.3, -0.25) is 4.79 Å². The lowest BCUT2D eigenvalue weighted by Gasteiger charge is -2.29. The van der Waals surface area contributed by atoms with E-state index in [9.17, 15) is 20.1 Å². The number of carbonyl (C=O) groups excluding carboxylic acids is 1. The summed E-state index contributed by atoms with van der Waals surface area (Å²) in [6, 6.07) is 0. The van der Waals surface area contributed by atoms with Crippen LogP contribution >= 0.6 is 0 Å². The maximum absolute atomic E-state index is 10.8. The van der Waals surface area contributed by atoms with Crippen molar-refractivity contribution in [1.82, 2.24) is 14.8 Å². The highest BCUT2D eigenvalue weighted by atomic mass is 16.6. The Morgan fingerprint density at radius 3 is 2.82 bits per heavy atom. The van der Waals surface area contributed by atoms with E-state index in [4.69, 9.17) is 10.5 Å². The molecule has 0 bridgehead atoms. The minimum Gasteiger partial charge on any atom is -0.391 e. The van der Waals surface area contributed by atoms with Crippen molar-refractivity contribution in [3.05, 3.63) is 12.2 Å². The third kappa shape index (κ3) is 1.69. The van der Waals surface area contributed by atoms with Crippen LogP contribution in [0.2, 0.25) is 0 Å². The SMILES string of the molecule is NC(=O)c1ncn([C@@]2(CO)OC[C@H](O)[C@@H]2O)n1. The van der Waals surface area contributed by atoms with Gasteiger partial charge in [0.05, 0.1) is 13.2 Å². The summed E-state index contributed by atoms with van der Waals surface area (Å²) in [6.45, 7) is -0.791. The first-order chi connectivity index (χ1) is 8.01. The minimum atomic E-state index is -1.64. The monoisotopic (exact) mass is 244 g/mol. The Hall–Kier alpha value is -1.55. The molecule has 1 fully saturated rings. The van der Waals surface area contributed by atoms with E-state index in [1.54, 1.807) is 0 Å². The average Bonchev–Trinajstić information content (AvgIpc) is 2.88. The molecule has 1 saturated heterocycles. The molecule has 0 aliphatic carbocycles. The van der Waals surface area contributed by atoms with Gasteiger partial charge in [-0.05, 0) is 0 Å². The van der Waals surface area contributed by atoms with E-state index in [-0.39, 0.29) is 12.4 Å². The fourth-order valence-electron chi connectivity index (χ4n) is 1.68. The number of primary amides is 1. The Labute approximate surface area is 95.4 Å². The second kappa shape index (κ2) is 4.04. The number of aromatic nitrogens is 3. The Kier molecular flexibility index (Phi) is 2.83. The second-order valence-electron chi connectivity index (χ2n) is 3.70. The molecule has 94 valence electrons.